The van der Waals surface area contributed by atoms with Crippen molar-refractivity contribution in [3.05, 3.63) is 89.2 Å². The second-order valence-electron chi connectivity index (χ2n) is 6.05. The Morgan fingerprint density at radius 3 is 2.34 bits per heavy atom. The second kappa shape index (κ2) is 9.04. The van der Waals surface area contributed by atoms with E-state index in [9.17, 15) is 13.2 Å². The van der Waals surface area contributed by atoms with Crippen LogP contribution in [0.1, 0.15) is 17.2 Å². The number of nitrogens with one attached hydrogen (secondary N) is 1. The van der Waals surface area contributed by atoms with Gasteiger partial charge in [-0.2, -0.15) is 4.72 Å². The zero-order chi connectivity index (χ0) is 20.9. The van der Waals surface area contributed by atoms with E-state index in [-0.39, 0.29) is 4.90 Å². The van der Waals surface area contributed by atoms with Gasteiger partial charge < -0.3 is 9.84 Å². The molecule has 0 aliphatic heterocycles. The van der Waals surface area contributed by atoms with Crippen molar-refractivity contribution < 1.29 is 23.1 Å². The summed E-state index contributed by atoms with van der Waals surface area (Å²) in [5, 5.41) is 9.14. The molecule has 0 aliphatic carbocycles. The number of aromatic nitrogens is 1. The van der Waals surface area contributed by atoms with Crippen molar-refractivity contribution >= 4 is 27.6 Å². The van der Waals surface area contributed by atoms with Gasteiger partial charge in [-0.25, -0.2) is 13.2 Å². The Morgan fingerprint density at radius 1 is 1.07 bits per heavy atom. The number of pyridine rings is 1. The van der Waals surface area contributed by atoms with Crippen LogP contribution >= 0.6 is 11.6 Å². The summed E-state index contributed by atoms with van der Waals surface area (Å²) in [6, 6.07) is 15.1. The number of carbonyl (C=O) groups is 1. The molecule has 150 valence electrons. The molecule has 0 aliphatic rings. The highest BCUT2D eigenvalue weighted by molar-refractivity contribution is 7.89. The highest BCUT2D eigenvalue weighted by Gasteiger charge is 2.23. The summed E-state index contributed by atoms with van der Waals surface area (Å²) in [7, 11) is -3.85. The third kappa shape index (κ3) is 5.54. The van der Waals surface area contributed by atoms with Crippen LogP contribution in [0.5, 0.6) is 5.75 Å². The maximum absolute atomic E-state index is 12.9. The number of nitrogens with zero attached hydrogens (tertiary/aromatic N) is 1. The summed E-state index contributed by atoms with van der Waals surface area (Å²) in [6.45, 7) is -0.464. The maximum atomic E-state index is 12.9. The molecule has 9 heteroatoms. The standard InChI is InChI=1S/C20H17ClN2O5S/c21-16-5-9-18(10-6-16)29(26,27)23-20(15-2-1-11-22-12-15)14-3-7-17(8-4-14)28-13-19(24)25/h1-12,20,23H,13H2,(H,24,25). The van der Waals surface area contributed by atoms with Gasteiger partial charge in [0.1, 0.15) is 5.75 Å². The van der Waals surface area contributed by atoms with E-state index in [0.717, 1.165) is 0 Å². The Hall–Kier alpha value is -2.94. The van der Waals surface area contributed by atoms with Crippen LogP contribution in [0.25, 0.3) is 0 Å². The molecule has 0 saturated carbocycles. The number of ether oxygens (including phenoxy) is 1. The first-order valence-corrected chi connectivity index (χ1v) is 10.3. The molecule has 1 unspecified atom stereocenters. The van der Waals surface area contributed by atoms with Crippen LogP contribution in [-0.4, -0.2) is 31.1 Å². The number of carboxylic acids is 1. The molecule has 1 atom stereocenters. The molecule has 0 amide bonds. The summed E-state index contributed by atoms with van der Waals surface area (Å²) < 4.78 is 33.6. The summed E-state index contributed by atoms with van der Waals surface area (Å²) in [5.41, 5.74) is 1.28. The van der Waals surface area contributed by atoms with Crippen LogP contribution in [0, 0.1) is 0 Å². The van der Waals surface area contributed by atoms with Crippen LogP contribution in [0.3, 0.4) is 0 Å². The van der Waals surface area contributed by atoms with Crippen LogP contribution in [0.2, 0.25) is 5.02 Å². The topological polar surface area (TPSA) is 106 Å². The molecule has 1 heterocycles. The van der Waals surface area contributed by atoms with Crippen molar-refractivity contribution in [2.45, 2.75) is 10.9 Å². The van der Waals surface area contributed by atoms with Gasteiger partial charge in [-0.15, -0.1) is 0 Å². The molecule has 29 heavy (non-hydrogen) atoms. The normalized spacial score (nSPS) is 12.3. The number of rotatable bonds is 8. The number of carboxylic acid groups (broad SMARTS) is 1. The fourth-order valence-electron chi connectivity index (χ4n) is 2.61. The van der Waals surface area contributed by atoms with E-state index < -0.39 is 28.6 Å². The van der Waals surface area contributed by atoms with Crippen LogP contribution in [-0.2, 0) is 14.8 Å². The lowest BCUT2D eigenvalue weighted by atomic mass is 10.0. The molecule has 0 saturated heterocycles. The molecule has 1 aromatic heterocycles. The smallest absolute Gasteiger partial charge is 0.341 e. The summed E-state index contributed by atoms with van der Waals surface area (Å²) >= 11 is 5.85. The molecule has 3 rings (SSSR count). The highest BCUT2D eigenvalue weighted by Crippen LogP contribution is 2.26. The monoisotopic (exact) mass is 432 g/mol. The van der Waals surface area contributed by atoms with Crippen molar-refractivity contribution in [1.82, 2.24) is 9.71 Å². The first-order chi connectivity index (χ1) is 13.8. The second-order valence-corrected chi connectivity index (χ2v) is 8.20. The lowest BCUT2D eigenvalue weighted by Crippen LogP contribution is -2.29. The number of hydrogen-bond donors (Lipinski definition) is 2. The fourth-order valence-corrected chi connectivity index (χ4v) is 3.95. The number of hydrogen-bond acceptors (Lipinski definition) is 5. The van der Waals surface area contributed by atoms with Gasteiger partial charge in [0.15, 0.2) is 6.61 Å². The highest BCUT2D eigenvalue weighted by atomic mass is 35.5. The Bertz CT molecular complexity index is 1070. The van der Waals surface area contributed by atoms with Crippen molar-refractivity contribution in [2.24, 2.45) is 0 Å². The molecular formula is C20H17ClN2O5S. The summed E-state index contributed by atoms with van der Waals surface area (Å²) in [4.78, 5) is 14.8. The Kier molecular flexibility index (Phi) is 6.48. The van der Waals surface area contributed by atoms with E-state index in [4.69, 9.17) is 21.4 Å². The molecule has 0 spiro atoms. The SMILES string of the molecule is O=C(O)COc1ccc(C(NS(=O)(=O)c2ccc(Cl)cc2)c2cccnc2)cc1. The quantitative estimate of drug-likeness (QED) is 0.566. The largest absolute Gasteiger partial charge is 0.482 e. The predicted octanol–water partition coefficient (Wildman–Crippen LogP) is 3.27. The average molecular weight is 433 g/mol. The maximum Gasteiger partial charge on any atom is 0.341 e. The van der Waals surface area contributed by atoms with Crippen LogP contribution in [0.4, 0.5) is 0 Å². The van der Waals surface area contributed by atoms with Crippen LogP contribution in [0.15, 0.2) is 78.0 Å². The van der Waals surface area contributed by atoms with Crippen LogP contribution < -0.4 is 9.46 Å². The zero-order valence-corrected chi connectivity index (χ0v) is 16.6. The van der Waals surface area contributed by atoms with E-state index in [1.54, 1.807) is 48.8 Å². The minimum absolute atomic E-state index is 0.0807. The first-order valence-electron chi connectivity index (χ1n) is 8.47. The van der Waals surface area contributed by atoms with Gasteiger partial charge in [-0.3, -0.25) is 4.98 Å². The molecule has 3 aromatic rings. The molecule has 0 radical (unpaired) electrons. The van der Waals surface area contributed by atoms with Gasteiger partial charge in [0.25, 0.3) is 0 Å². The Morgan fingerprint density at radius 2 is 1.76 bits per heavy atom. The van der Waals surface area contributed by atoms with E-state index in [0.29, 0.717) is 21.9 Å². The van der Waals surface area contributed by atoms with Gasteiger partial charge in [-0.05, 0) is 53.6 Å². The van der Waals surface area contributed by atoms with Gasteiger partial charge in [0, 0.05) is 17.4 Å². The number of benzene rings is 2. The third-order valence-electron chi connectivity index (χ3n) is 3.99. The molecule has 2 aromatic carbocycles. The number of sulfonamides is 1. The number of aliphatic carboxylic acids is 1. The lowest BCUT2D eigenvalue weighted by Gasteiger charge is -2.20. The average Bonchev–Trinajstić information content (AvgIpc) is 2.72. The Labute approximate surface area is 173 Å². The van der Waals surface area contributed by atoms with E-state index in [2.05, 4.69) is 9.71 Å². The van der Waals surface area contributed by atoms with Gasteiger partial charge >= 0.3 is 5.97 Å². The van der Waals surface area contributed by atoms with Gasteiger partial charge in [0.05, 0.1) is 10.9 Å². The first kappa shape index (κ1) is 20.8. The fraction of sp³-hybridized carbons (Fsp3) is 0.100. The molecular weight excluding hydrogens is 416 g/mol. The minimum atomic E-state index is -3.85. The van der Waals surface area contributed by atoms with Crippen molar-refractivity contribution in [3.8, 4) is 5.75 Å². The zero-order valence-electron chi connectivity index (χ0n) is 15.0. The van der Waals surface area contributed by atoms with Crippen molar-refractivity contribution in [3.63, 3.8) is 0 Å². The van der Waals surface area contributed by atoms with Gasteiger partial charge in [0.2, 0.25) is 10.0 Å². The van der Waals surface area contributed by atoms with E-state index in [1.807, 2.05) is 0 Å². The summed E-state index contributed by atoms with van der Waals surface area (Å²) in [6.07, 6.45) is 3.17. The van der Waals surface area contributed by atoms with Gasteiger partial charge in [-0.1, -0.05) is 29.8 Å². The third-order valence-corrected chi connectivity index (χ3v) is 5.68. The van der Waals surface area contributed by atoms with E-state index >= 15 is 0 Å². The van der Waals surface area contributed by atoms with Crippen molar-refractivity contribution in [2.75, 3.05) is 6.61 Å². The minimum Gasteiger partial charge on any atom is -0.482 e. The molecule has 0 bridgehead atoms. The van der Waals surface area contributed by atoms with Crippen molar-refractivity contribution in [1.29, 1.82) is 0 Å². The summed E-state index contributed by atoms with van der Waals surface area (Å²) in [5.74, 6) is -0.723. The number of halogens is 1. The Balaban J connectivity index is 1.91. The molecule has 2 N–H and O–H groups in total. The molecule has 0 fully saturated rings. The molecule has 7 nitrogen and oxygen atoms in total. The van der Waals surface area contributed by atoms with E-state index in [1.165, 1.54) is 24.3 Å². The predicted molar refractivity (Wildman–Crippen MR) is 107 cm³/mol. The lowest BCUT2D eigenvalue weighted by molar-refractivity contribution is -0.139.